The lowest BCUT2D eigenvalue weighted by Gasteiger charge is -2.04. The second-order valence-corrected chi connectivity index (χ2v) is 3.79. The molecule has 1 aromatic carbocycles. The molecule has 2 aromatic rings. The number of nitrogens with zero attached hydrogens (tertiary/aromatic N) is 2. The van der Waals surface area contributed by atoms with Gasteiger partial charge in [-0.25, -0.2) is 4.57 Å². The third-order valence-electron chi connectivity index (χ3n) is 2.68. The van der Waals surface area contributed by atoms with Gasteiger partial charge in [0.15, 0.2) is 0 Å². The van der Waals surface area contributed by atoms with Crippen LogP contribution in [-0.4, -0.2) is 4.98 Å². The molecule has 2 heteroatoms. The zero-order valence-corrected chi connectivity index (χ0v) is 9.14. The monoisotopic (exact) mass is 199 g/mol. The van der Waals surface area contributed by atoms with Crippen LogP contribution in [0, 0.1) is 6.92 Å². The second kappa shape index (κ2) is 4.22. The molecule has 0 amide bonds. The standard InChI is InChI=1S/C13H15N2/c1-11-5-3-4-6-12(11)9-13-7-8-14-10-15(13)2/h3-8,10H,9H2,1-2H3/q+1. The van der Waals surface area contributed by atoms with Crippen LogP contribution in [-0.2, 0) is 13.5 Å². The van der Waals surface area contributed by atoms with Gasteiger partial charge in [-0.3, -0.25) is 0 Å². The molecule has 0 unspecified atom stereocenters. The van der Waals surface area contributed by atoms with Crippen LogP contribution < -0.4 is 4.57 Å². The van der Waals surface area contributed by atoms with Crippen molar-refractivity contribution < 1.29 is 4.57 Å². The van der Waals surface area contributed by atoms with Crippen molar-refractivity contribution in [1.29, 1.82) is 0 Å². The van der Waals surface area contributed by atoms with Crippen LogP contribution in [0.3, 0.4) is 0 Å². The van der Waals surface area contributed by atoms with Gasteiger partial charge in [0.05, 0.1) is 7.05 Å². The molecule has 0 bridgehead atoms. The number of aryl methyl sites for hydroxylation is 2. The van der Waals surface area contributed by atoms with Crippen LogP contribution >= 0.6 is 0 Å². The first-order valence-corrected chi connectivity index (χ1v) is 5.10. The first-order valence-electron chi connectivity index (χ1n) is 5.10. The van der Waals surface area contributed by atoms with E-state index >= 15 is 0 Å². The summed E-state index contributed by atoms with van der Waals surface area (Å²) in [5.41, 5.74) is 3.99. The van der Waals surface area contributed by atoms with E-state index in [0.717, 1.165) is 6.42 Å². The summed E-state index contributed by atoms with van der Waals surface area (Å²) in [5, 5.41) is 0. The van der Waals surface area contributed by atoms with Gasteiger partial charge in [-0.2, -0.15) is 0 Å². The Morgan fingerprint density at radius 3 is 2.73 bits per heavy atom. The van der Waals surface area contributed by atoms with E-state index in [2.05, 4.69) is 46.8 Å². The summed E-state index contributed by atoms with van der Waals surface area (Å²) in [5.74, 6) is 0. The minimum Gasteiger partial charge on any atom is -0.237 e. The van der Waals surface area contributed by atoms with Crippen LogP contribution in [0.4, 0.5) is 0 Å². The average molecular weight is 199 g/mol. The van der Waals surface area contributed by atoms with Crippen molar-refractivity contribution in [3.63, 3.8) is 0 Å². The summed E-state index contributed by atoms with van der Waals surface area (Å²) < 4.78 is 2.06. The van der Waals surface area contributed by atoms with Gasteiger partial charge in [0, 0.05) is 12.5 Å². The maximum Gasteiger partial charge on any atom is 0.286 e. The molecule has 2 rings (SSSR count). The summed E-state index contributed by atoms with van der Waals surface area (Å²) in [6.07, 6.45) is 4.65. The van der Waals surface area contributed by atoms with Crippen molar-refractivity contribution in [1.82, 2.24) is 4.98 Å². The van der Waals surface area contributed by atoms with E-state index in [9.17, 15) is 0 Å². The Labute approximate surface area is 90.2 Å². The Kier molecular flexibility index (Phi) is 2.77. The van der Waals surface area contributed by atoms with E-state index in [0.29, 0.717) is 0 Å². The predicted molar refractivity (Wildman–Crippen MR) is 59.4 cm³/mol. The summed E-state index contributed by atoms with van der Waals surface area (Å²) >= 11 is 0. The molecule has 1 heterocycles. The van der Waals surface area contributed by atoms with Crippen molar-refractivity contribution in [2.75, 3.05) is 0 Å². The summed E-state index contributed by atoms with van der Waals surface area (Å²) in [4.78, 5) is 4.07. The predicted octanol–water partition coefficient (Wildman–Crippen LogP) is 1.81. The van der Waals surface area contributed by atoms with E-state index in [1.165, 1.54) is 16.8 Å². The van der Waals surface area contributed by atoms with Gasteiger partial charge >= 0.3 is 0 Å². The van der Waals surface area contributed by atoms with Crippen molar-refractivity contribution in [2.45, 2.75) is 13.3 Å². The molecular weight excluding hydrogens is 184 g/mol. The zero-order chi connectivity index (χ0) is 10.7. The summed E-state index contributed by atoms with van der Waals surface area (Å²) in [6, 6.07) is 10.5. The Morgan fingerprint density at radius 1 is 1.20 bits per heavy atom. The quantitative estimate of drug-likeness (QED) is 0.674. The third kappa shape index (κ3) is 2.21. The Balaban J connectivity index is 2.30. The Bertz CT molecular complexity index is 420. The molecule has 0 aliphatic carbocycles. The topological polar surface area (TPSA) is 16.8 Å². The first kappa shape index (κ1) is 9.84. The molecule has 0 saturated heterocycles. The fraction of sp³-hybridized carbons (Fsp3) is 0.231. The fourth-order valence-electron chi connectivity index (χ4n) is 1.65. The van der Waals surface area contributed by atoms with Crippen LogP contribution in [0.1, 0.15) is 16.8 Å². The largest absolute Gasteiger partial charge is 0.286 e. The molecule has 0 aliphatic rings. The fourth-order valence-corrected chi connectivity index (χ4v) is 1.65. The molecule has 2 nitrogen and oxygen atoms in total. The number of aromatic nitrogens is 2. The molecule has 15 heavy (non-hydrogen) atoms. The molecule has 0 atom stereocenters. The lowest BCUT2D eigenvalue weighted by Crippen LogP contribution is -2.33. The highest BCUT2D eigenvalue weighted by Crippen LogP contribution is 2.10. The average Bonchev–Trinajstić information content (AvgIpc) is 2.24. The molecule has 76 valence electrons. The van der Waals surface area contributed by atoms with Crippen molar-refractivity contribution in [3.05, 3.63) is 59.7 Å². The van der Waals surface area contributed by atoms with Crippen molar-refractivity contribution in [3.8, 4) is 0 Å². The van der Waals surface area contributed by atoms with Gasteiger partial charge in [0.25, 0.3) is 6.33 Å². The number of benzene rings is 1. The zero-order valence-electron chi connectivity index (χ0n) is 9.14. The minimum absolute atomic E-state index is 0.964. The number of hydrogen-bond donors (Lipinski definition) is 0. The highest BCUT2D eigenvalue weighted by Gasteiger charge is 2.05. The van der Waals surface area contributed by atoms with Crippen LogP contribution in [0.2, 0.25) is 0 Å². The Hall–Kier alpha value is -1.70. The lowest BCUT2D eigenvalue weighted by molar-refractivity contribution is -0.681. The maximum atomic E-state index is 4.07. The summed E-state index contributed by atoms with van der Waals surface area (Å²) in [6.45, 7) is 2.15. The highest BCUT2D eigenvalue weighted by molar-refractivity contribution is 5.28. The number of hydrogen-bond acceptors (Lipinski definition) is 1. The molecule has 0 fully saturated rings. The molecule has 0 aliphatic heterocycles. The molecule has 0 spiro atoms. The SMILES string of the molecule is Cc1ccccc1Cc1ccnc[n+]1C. The normalized spacial score (nSPS) is 10.3. The second-order valence-electron chi connectivity index (χ2n) is 3.79. The van der Waals surface area contributed by atoms with Crippen molar-refractivity contribution >= 4 is 0 Å². The highest BCUT2D eigenvalue weighted by atomic mass is 15.0. The van der Waals surface area contributed by atoms with Crippen LogP contribution in [0.15, 0.2) is 42.9 Å². The first-order chi connectivity index (χ1) is 7.27. The van der Waals surface area contributed by atoms with Gasteiger partial charge in [-0.05, 0) is 18.1 Å². The van der Waals surface area contributed by atoms with Gasteiger partial charge in [-0.1, -0.05) is 29.2 Å². The number of rotatable bonds is 2. The van der Waals surface area contributed by atoms with Gasteiger partial charge in [0.2, 0.25) is 0 Å². The van der Waals surface area contributed by atoms with Crippen LogP contribution in [0.5, 0.6) is 0 Å². The smallest absolute Gasteiger partial charge is 0.237 e. The minimum atomic E-state index is 0.964. The molecule has 0 radical (unpaired) electrons. The van der Waals surface area contributed by atoms with Crippen LogP contribution in [0.25, 0.3) is 0 Å². The maximum absolute atomic E-state index is 4.07. The molecule has 1 aromatic heterocycles. The van der Waals surface area contributed by atoms with Crippen molar-refractivity contribution in [2.24, 2.45) is 7.05 Å². The van der Waals surface area contributed by atoms with E-state index in [1.807, 2.05) is 19.6 Å². The van der Waals surface area contributed by atoms with E-state index in [4.69, 9.17) is 0 Å². The van der Waals surface area contributed by atoms with E-state index < -0.39 is 0 Å². The van der Waals surface area contributed by atoms with Gasteiger partial charge in [-0.15, -0.1) is 0 Å². The lowest BCUT2D eigenvalue weighted by atomic mass is 10.0. The van der Waals surface area contributed by atoms with E-state index in [-0.39, 0.29) is 0 Å². The third-order valence-corrected chi connectivity index (χ3v) is 2.68. The summed E-state index contributed by atoms with van der Waals surface area (Å²) in [7, 11) is 2.03. The van der Waals surface area contributed by atoms with Gasteiger partial charge < -0.3 is 0 Å². The van der Waals surface area contributed by atoms with E-state index in [1.54, 1.807) is 0 Å². The molecule has 0 saturated carbocycles. The molecule has 0 N–H and O–H groups in total. The molecular formula is C13H15N2+. The van der Waals surface area contributed by atoms with Gasteiger partial charge in [0.1, 0.15) is 11.9 Å². The Morgan fingerprint density at radius 2 is 2.00 bits per heavy atom.